The van der Waals surface area contributed by atoms with E-state index in [-0.39, 0.29) is 12.1 Å². The van der Waals surface area contributed by atoms with Gasteiger partial charge in [-0.15, -0.1) is 0 Å². The van der Waals surface area contributed by atoms with Crippen molar-refractivity contribution >= 4 is 29.0 Å². The number of ether oxygens (including phenoxy) is 1. The highest BCUT2D eigenvalue weighted by atomic mass is 35.5. The number of hydrogen-bond donors (Lipinski definition) is 0. The van der Waals surface area contributed by atoms with Crippen LogP contribution < -0.4 is 5.01 Å². The Morgan fingerprint density at radius 1 is 1.25 bits per heavy atom. The van der Waals surface area contributed by atoms with Crippen molar-refractivity contribution in [3.63, 3.8) is 0 Å². The molecule has 0 amide bonds. The summed E-state index contributed by atoms with van der Waals surface area (Å²) < 4.78 is 32.0. The first-order valence-corrected chi connectivity index (χ1v) is 7.53. The lowest BCUT2D eigenvalue weighted by Gasteiger charge is -2.21. The largest absolute Gasteiger partial charge is 0.467 e. The van der Waals surface area contributed by atoms with Crippen molar-refractivity contribution < 1.29 is 18.3 Å². The van der Waals surface area contributed by atoms with Crippen LogP contribution >= 0.6 is 11.6 Å². The van der Waals surface area contributed by atoms with Gasteiger partial charge in [0, 0.05) is 17.5 Å². The Morgan fingerprint density at radius 2 is 1.96 bits per heavy atom. The topological polar surface area (TPSA) is 41.9 Å². The number of carbonyl (C=O) groups is 1. The zero-order valence-electron chi connectivity index (χ0n) is 12.7. The fraction of sp³-hybridized carbons (Fsp3) is 0.176. The Morgan fingerprint density at radius 3 is 2.58 bits per heavy atom. The molecule has 3 rings (SSSR count). The van der Waals surface area contributed by atoms with E-state index in [9.17, 15) is 13.6 Å². The van der Waals surface area contributed by atoms with Crippen LogP contribution in [0.3, 0.4) is 0 Å². The van der Waals surface area contributed by atoms with E-state index >= 15 is 0 Å². The summed E-state index contributed by atoms with van der Waals surface area (Å²) >= 11 is 5.87. The van der Waals surface area contributed by atoms with Gasteiger partial charge in [-0.3, -0.25) is 0 Å². The minimum Gasteiger partial charge on any atom is -0.467 e. The molecule has 0 N–H and O–H groups in total. The van der Waals surface area contributed by atoms with Gasteiger partial charge in [-0.2, -0.15) is 5.10 Å². The molecular weight excluding hydrogens is 338 g/mol. The molecule has 0 saturated heterocycles. The number of hydrazone groups is 1. The summed E-state index contributed by atoms with van der Waals surface area (Å²) in [5, 5.41) is 6.14. The van der Waals surface area contributed by atoms with Crippen molar-refractivity contribution in [2.75, 3.05) is 12.1 Å². The van der Waals surface area contributed by atoms with E-state index in [1.165, 1.54) is 18.2 Å². The van der Waals surface area contributed by atoms with Crippen LogP contribution in [0.25, 0.3) is 0 Å². The monoisotopic (exact) mass is 350 g/mol. The quantitative estimate of drug-likeness (QED) is 0.791. The van der Waals surface area contributed by atoms with Crippen LogP contribution in [0.4, 0.5) is 14.5 Å². The van der Waals surface area contributed by atoms with E-state index in [4.69, 9.17) is 16.3 Å². The number of nitrogens with zero attached hydrogens (tertiary/aromatic N) is 2. The predicted molar refractivity (Wildman–Crippen MR) is 87.2 cm³/mol. The fourth-order valence-corrected chi connectivity index (χ4v) is 2.66. The second-order valence-electron chi connectivity index (χ2n) is 5.24. The first kappa shape index (κ1) is 16.4. The molecule has 1 aliphatic rings. The number of carbonyl (C=O) groups excluding carboxylic acids is 1. The summed E-state index contributed by atoms with van der Waals surface area (Å²) in [4.78, 5) is 12.1. The highest BCUT2D eigenvalue weighted by Crippen LogP contribution is 2.30. The molecule has 1 heterocycles. The molecule has 0 fully saturated rings. The number of anilines is 1. The Labute approximate surface area is 142 Å². The molecule has 0 radical (unpaired) electrons. The number of esters is 1. The van der Waals surface area contributed by atoms with E-state index in [1.807, 2.05) is 0 Å². The van der Waals surface area contributed by atoms with Gasteiger partial charge in [-0.25, -0.2) is 18.6 Å². The molecule has 0 saturated carbocycles. The normalized spacial score (nSPS) is 16.9. The zero-order chi connectivity index (χ0) is 17.3. The van der Waals surface area contributed by atoms with Crippen LogP contribution in [0.2, 0.25) is 5.02 Å². The average Bonchev–Trinajstić information content (AvgIpc) is 2.99. The second-order valence-corrected chi connectivity index (χ2v) is 5.67. The Kier molecular flexibility index (Phi) is 4.49. The predicted octanol–water partition coefficient (Wildman–Crippen LogP) is 3.77. The van der Waals surface area contributed by atoms with Crippen LogP contribution in [0.1, 0.15) is 12.0 Å². The molecule has 2 aromatic rings. The molecule has 0 aromatic heterocycles. The van der Waals surface area contributed by atoms with Crippen LogP contribution in [0.15, 0.2) is 47.6 Å². The average molecular weight is 351 g/mol. The maximum Gasteiger partial charge on any atom is 0.331 e. The SMILES string of the molecule is COC(=O)C1CC(c2ccc(Cl)cc2)=NN1c1ccc(F)cc1F. The van der Waals surface area contributed by atoms with Crippen LogP contribution in [-0.2, 0) is 9.53 Å². The summed E-state index contributed by atoms with van der Waals surface area (Å²) in [6.07, 6.45) is 0.241. The molecule has 1 unspecified atom stereocenters. The molecule has 124 valence electrons. The molecule has 2 aromatic carbocycles. The number of benzene rings is 2. The number of hydrogen-bond acceptors (Lipinski definition) is 4. The van der Waals surface area contributed by atoms with Crippen LogP contribution in [0, 0.1) is 11.6 Å². The summed E-state index contributed by atoms with van der Waals surface area (Å²) in [6.45, 7) is 0. The minimum absolute atomic E-state index is 0.00997. The second kappa shape index (κ2) is 6.57. The molecule has 0 aliphatic carbocycles. The number of rotatable bonds is 3. The van der Waals surface area contributed by atoms with E-state index in [0.29, 0.717) is 10.7 Å². The van der Waals surface area contributed by atoms with Crippen molar-refractivity contribution in [2.24, 2.45) is 5.10 Å². The molecule has 1 atom stereocenters. The van der Waals surface area contributed by atoms with Gasteiger partial charge in [0.15, 0.2) is 11.9 Å². The van der Waals surface area contributed by atoms with Gasteiger partial charge in [-0.05, 0) is 29.8 Å². The summed E-state index contributed by atoms with van der Waals surface area (Å²) in [6, 6.07) is 9.22. The first-order valence-electron chi connectivity index (χ1n) is 7.15. The van der Waals surface area contributed by atoms with Crippen LogP contribution in [0.5, 0.6) is 0 Å². The van der Waals surface area contributed by atoms with Gasteiger partial charge < -0.3 is 4.74 Å². The van der Waals surface area contributed by atoms with Crippen molar-refractivity contribution in [2.45, 2.75) is 12.5 Å². The molecule has 7 heteroatoms. The molecular formula is C17H13ClF2N2O2. The summed E-state index contributed by atoms with van der Waals surface area (Å²) in [5.74, 6) is -2.05. The zero-order valence-corrected chi connectivity index (χ0v) is 13.4. The van der Waals surface area contributed by atoms with Crippen molar-refractivity contribution in [1.82, 2.24) is 0 Å². The van der Waals surface area contributed by atoms with E-state index < -0.39 is 23.6 Å². The smallest absolute Gasteiger partial charge is 0.331 e. The maximum atomic E-state index is 14.1. The minimum atomic E-state index is -0.819. The maximum absolute atomic E-state index is 14.1. The van der Waals surface area contributed by atoms with E-state index in [2.05, 4.69) is 5.10 Å². The lowest BCUT2D eigenvalue weighted by Crippen LogP contribution is -2.35. The number of halogens is 3. The standard InChI is InChI=1S/C17H13ClF2N2O2/c1-24-17(23)16-9-14(10-2-4-11(18)5-3-10)21-22(16)15-7-6-12(19)8-13(15)20/h2-8,16H,9H2,1H3. The third-order valence-electron chi connectivity index (χ3n) is 3.72. The molecule has 0 spiro atoms. The Balaban J connectivity index is 2.01. The molecule has 24 heavy (non-hydrogen) atoms. The third kappa shape index (κ3) is 3.10. The highest BCUT2D eigenvalue weighted by Gasteiger charge is 2.36. The Hall–Kier alpha value is -2.47. The fourth-order valence-electron chi connectivity index (χ4n) is 2.54. The van der Waals surface area contributed by atoms with Gasteiger partial charge in [0.25, 0.3) is 0 Å². The highest BCUT2D eigenvalue weighted by molar-refractivity contribution is 6.30. The number of methoxy groups -OCH3 is 1. The summed E-state index contributed by atoms with van der Waals surface area (Å²) in [5.41, 5.74) is 1.36. The third-order valence-corrected chi connectivity index (χ3v) is 3.97. The van der Waals surface area contributed by atoms with Crippen molar-refractivity contribution in [1.29, 1.82) is 0 Å². The Bertz CT molecular complexity index is 809. The lowest BCUT2D eigenvalue weighted by atomic mass is 10.0. The molecule has 1 aliphatic heterocycles. The van der Waals surface area contributed by atoms with Crippen LogP contribution in [-0.4, -0.2) is 24.8 Å². The summed E-state index contributed by atoms with van der Waals surface area (Å²) in [7, 11) is 1.25. The molecule has 4 nitrogen and oxygen atoms in total. The lowest BCUT2D eigenvalue weighted by molar-refractivity contribution is -0.141. The van der Waals surface area contributed by atoms with E-state index in [0.717, 1.165) is 17.7 Å². The first-order chi connectivity index (χ1) is 11.5. The van der Waals surface area contributed by atoms with Gasteiger partial charge in [0.2, 0.25) is 0 Å². The van der Waals surface area contributed by atoms with Gasteiger partial charge in [-0.1, -0.05) is 23.7 Å². The van der Waals surface area contributed by atoms with Gasteiger partial charge in [0.1, 0.15) is 5.82 Å². The van der Waals surface area contributed by atoms with E-state index in [1.54, 1.807) is 24.3 Å². The molecule has 0 bridgehead atoms. The van der Waals surface area contributed by atoms with Gasteiger partial charge in [0.05, 0.1) is 18.5 Å². The van der Waals surface area contributed by atoms with Gasteiger partial charge >= 0.3 is 5.97 Å². The van der Waals surface area contributed by atoms with Crippen molar-refractivity contribution in [3.05, 3.63) is 64.7 Å². The van der Waals surface area contributed by atoms with Crippen molar-refractivity contribution in [3.8, 4) is 0 Å².